The lowest BCUT2D eigenvalue weighted by molar-refractivity contribution is 0.102. The number of carbonyl (C=O) groups is 1. The number of anilines is 1. The van der Waals surface area contributed by atoms with E-state index >= 15 is 0 Å². The topological polar surface area (TPSA) is 38.3 Å². The van der Waals surface area contributed by atoms with Crippen molar-refractivity contribution in [2.75, 3.05) is 5.32 Å². The zero-order chi connectivity index (χ0) is 20.4. The molecular weight excluding hydrogens is 473 g/mol. The summed E-state index contributed by atoms with van der Waals surface area (Å²) in [6.07, 6.45) is 0. The maximum absolute atomic E-state index is 12.6. The Morgan fingerprint density at radius 3 is 2.31 bits per heavy atom. The predicted molar refractivity (Wildman–Crippen MR) is 123 cm³/mol. The van der Waals surface area contributed by atoms with Crippen molar-refractivity contribution in [3.63, 3.8) is 0 Å². The van der Waals surface area contributed by atoms with Crippen molar-refractivity contribution in [1.29, 1.82) is 0 Å². The van der Waals surface area contributed by atoms with E-state index in [9.17, 15) is 4.79 Å². The molecule has 1 N–H and O–H groups in total. The fourth-order valence-electron chi connectivity index (χ4n) is 2.90. The molecule has 4 aromatic rings. The van der Waals surface area contributed by atoms with E-state index < -0.39 is 0 Å². The molecule has 0 unspecified atom stereocenters. The number of benzene rings is 4. The lowest BCUT2D eigenvalue weighted by Gasteiger charge is -2.15. The van der Waals surface area contributed by atoms with Gasteiger partial charge in [-0.2, -0.15) is 0 Å². The molecule has 4 rings (SSSR count). The Hall–Kier alpha value is -2.53. The van der Waals surface area contributed by atoms with Gasteiger partial charge in [0.05, 0.1) is 10.2 Å². The zero-order valence-corrected chi connectivity index (χ0v) is 18.1. The minimum Gasteiger partial charge on any atom is -0.454 e. The standard InChI is InChI=1S/C23H14BrCl2NO2/c24-22-18-4-2-1-3-14(18)7-11-21(22)29-20-12-10-17(26)13-19(20)27-23(28)15-5-8-16(25)9-6-15/h1-13H,(H,27,28). The number of amides is 1. The smallest absolute Gasteiger partial charge is 0.255 e. The fraction of sp³-hybridized carbons (Fsp3) is 0. The van der Waals surface area contributed by atoms with Crippen LogP contribution in [0.2, 0.25) is 10.0 Å². The predicted octanol–water partition coefficient (Wildman–Crippen LogP) is 7.95. The Bertz CT molecular complexity index is 1210. The number of hydrogen-bond acceptors (Lipinski definition) is 2. The number of carbonyl (C=O) groups excluding carboxylic acids is 1. The lowest BCUT2D eigenvalue weighted by atomic mass is 10.1. The van der Waals surface area contributed by atoms with E-state index in [-0.39, 0.29) is 5.91 Å². The van der Waals surface area contributed by atoms with Gasteiger partial charge in [0.1, 0.15) is 5.75 Å². The third-order valence-corrected chi connectivity index (χ3v) is 5.65. The van der Waals surface area contributed by atoms with Gasteiger partial charge in [-0.05, 0) is 75.2 Å². The van der Waals surface area contributed by atoms with Crippen molar-refractivity contribution in [3.8, 4) is 11.5 Å². The minimum absolute atomic E-state index is 0.286. The molecule has 0 heterocycles. The summed E-state index contributed by atoms with van der Waals surface area (Å²) < 4.78 is 6.95. The van der Waals surface area contributed by atoms with Crippen LogP contribution in [-0.4, -0.2) is 5.91 Å². The van der Waals surface area contributed by atoms with E-state index in [1.54, 1.807) is 42.5 Å². The number of nitrogens with one attached hydrogen (secondary N) is 1. The molecule has 0 saturated heterocycles. The molecule has 0 aliphatic rings. The van der Waals surface area contributed by atoms with E-state index in [0.717, 1.165) is 15.2 Å². The van der Waals surface area contributed by atoms with Gasteiger partial charge in [0.15, 0.2) is 5.75 Å². The average Bonchev–Trinajstić information content (AvgIpc) is 2.72. The first-order valence-electron chi connectivity index (χ1n) is 8.73. The molecule has 0 saturated carbocycles. The highest BCUT2D eigenvalue weighted by Crippen LogP contribution is 2.39. The zero-order valence-electron chi connectivity index (χ0n) is 15.0. The molecule has 0 aliphatic carbocycles. The van der Waals surface area contributed by atoms with Crippen LogP contribution in [0.4, 0.5) is 5.69 Å². The second kappa shape index (κ2) is 8.46. The van der Waals surface area contributed by atoms with Gasteiger partial charge in [-0.25, -0.2) is 0 Å². The Balaban J connectivity index is 1.66. The molecule has 1 amide bonds. The average molecular weight is 487 g/mol. The molecule has 0 aromatic heterocycles. The third-order valence-electron chi connectivity index (χ3n) is 4.34. The molecule has 0 spiro atoms. The Morgan fingerprint density at radius 2 is 1.52 bits per heavy atom. The van der Waals surface area contributed by atoms with Crippen LogP contribution in [0.3, 0.4) is 0 Å². The second-order valence-electron chi connectivity index (χ2n) is 6.30. The van der Waals surface area contributed by atoms with Crippen LogP contribution < -0.4 is 10.1 Å². The molecular formula is C23H14BrCl2NO2. The molecule has 4 aromatic carbocycles. The van der Waals surface area contributed by atoms with Crippen molar-refractivity contribution >= 4 is 61.5 Å². The summed E-state index contributed by atoms with van der Waals surface area (Å²) in [5, 5.41) is 6.04. The number of hydrogen-bond donors (Lipinski definition) is 1. The monoisotopic (exact) mass is 485 g/mol. The van der Waals surface area contributed by atoms with E-state index in [2.05, 4.69) is 21.2 Å². The molecule has 0 atom stereocenters. The third kappa shape index (κ3) is 4.40. The lowest BCUT2D eigenvalue weighted by Crippen LogP contribution is -2.12. The van der Waals surface area contributed by atoms with Gasteiger partial charge in [-0.15, -0.1) is 0 Å². The highest BCUT2D eigenvalue weighted by atomic mass is 79.9. The van der Waals surface area contributed by atoms with Crippen LogP contribution >= 0.6 is 39.1 Å². The molecule has 6 heteroatoms. The molecule has 0 aliphatic heterocycles. The molecule has 0 bridgehead atoms. The van der Waals surface area contributed by atoms with E-state index in [1.807, 2.05) is 36.4 Å². The Labute approximate surface area is 186 Å². The van der Waals surface area contributed by atoms with E-state index in [4.69, 9.17) is 27.9 Å². The van der Waals surface area contributed by atoms with Gasteiger partial charge in [0, 0.05) is 15.6 Å². The minimum atomic E-state index is -0.286. The van der Waals surface area contributed by atoms with Crippen molar-refractivity contribution in [1.82, 2.24) is 0 Å². The normalized spacial score (nSPS) is 10.7. The van der Waals surface area contributed by atoms with Crippen LogP contribution in [0.15, 0.2) is 83.3 Å². The van der Waals surface area contributed by atoms with Crippen LogP contribution in [0.1, 0.15) is 10.4 Å². The van der Waals surface area contributed by atoms with Crippen LogP contribution in [-0.2, 0) is 0 Å². The largest absolute Gasteiger partial charge is 0.454 e. The molecule has 144 valence electrons. The summed E-state index contributed by atoms with van der Waals surface area (Å²) in [4.78, 5) is 12.6. The van der Waals surface area contributed by atoms with E-state index in [0.29, 0.717) is 32.8 Å². The maximum atomic E-state index is 12.6. The summed E-state index contributed by atoms with van der Waals surface area (Å²) in [5.74, 6) is 0.826. The summed E-state index contributed by atoms with van der Waals surface area (Å²) in [7, 11) is 0. The van der Waals surface area contributed by atoms with Crippen molar-refractivity contribution in [2.45, 2.75) is 0 Å². The molecule has 0 fully saturated rings. The fourth-order valence-corrected chi connectivity index (χ4v) is 3.77. The highest BCUT2D eigenvalue weighted by Gasteiger charge is 2.14. The Morgan fingerprint density at radius 1 is 0.828 bits per heavy atom. The molecule has 29 heavy (non-hydrogen) atoms. The first-order valence-corrected chi connectivity index (χ1v) is 10.3. The van der Waals surface area contributed by atoms with E-state index in [1.165, 1.54) is 0 Å². The van der Waals surface area contributed by atoms with Gasteiger partial charge < -0.3 is 10.1 Å². The summed E-state index contributed by atoms with van der Waals surface area (Å²) in [6, 6.07) is 23.6. The van der Waals surface area contributed by atoms with Gasteiger partial charge in [-0.3, -0.25) is 4.79 Å². The van der Waals surface area contributed by atoms with Crippen LogP contribution in [0, 0.1) is 0 Å². The van der Waals surface area contributed by atoms with Crippen LogP contribution in [0.25, 0.3) is 10.8 Å². The SMILES string of the molecule is O=C(Nc1cc(Cl)ccc1Oc1ccc2ccccc2c1Br)c1ccc(Cl)cc1. The first-order chi connectivity index (χ1) is 14.0. The van der Waals surface area contributed by atoms with Crippen molar-refractivity contribution in [2.24, 2.45) is 0 Å². The quantitative estimate of drug-likeness (QED) is 0.317. The number of rotatable bonds is 4. The number of ether oxygens (including phenoxy) is 1. The first kappa shape index (κ1) is 19.8. The molecule has 3 nitrogen and oxygen atoms in total. The second-order valence-corrected chi connectivity index (χ2v) is 7.97. The number of fused-ring (bicyclic) bond motifs is 1. The van der Waals surface area contributed by atoms with Gasteiger partial charge >= 0.3 is 0 Å². The highest BCUT2D eigenvalue weighted by molar-refractivity contribution is 9.10. The number of halogens is 3. The summed E-state index contributed by atoms with van der Waals surface area (Å²) in [6.45, 7) is 0. The van der Waals surface area contributed by atoms with Crippen molar-refractivity contribution < 1.29 is 9.53 Å². The molecule has 0 radical (unpaired) electrons. The summed E-state index contributed by atoms with van der Waals surface area (Å²) in [5.41, 5.74) is 0.949. The van der Waals surface area contributed by atoms with Gasteiger partial charge in [0.2, 0.25) is 0 Å². The Kier molecular flexibility index (Phi) is 5.76. The summed E-state index contributed by atoms with van der Waals surface area (Å²) >= 11 is 15.7. The van der Waals surface area contributed by atoms with Crippen LogP contribution in [0.5, 0.6) is 11.5 Å². The van der Waals surface area contributed by atoms with Crippen molar-refractivity contribution in [3.05, 3.63) is 98.9 Å². The maximum Gasteiger partial charge on any atom is 0.255 e. The van der Waals surface area contributed by atoms with Gasteiger partial charge in [-0.1, -0.05) is 53.5 Å². The van der Waals surface area contributed by atoms with Gasteiger partial charge in [0.25, 0.3) is 5.91 Å².